The van der Waals surface area contributed by atoms with Crippen molar-refractivity contribution in [3.8, 4) is 0 Å². The van der Waals surface area contributed by atoms with Crippen LogP contribution in [0.4, 0.5) is 19.1 Å². The van der Waals surface area contributed by atoms with Crippen LogP contribution in [-0.2, 0) is 12.6 Å². The first-order valence-corrected chi connectivity index (χ1v) is 10.4. The second-order valence-corrected chi connectivity index (χ2v) is 8.80. The molecule has 2 aromatic rings. The zero-order chi connectivity index (χ0) is 23.0. The first kappa shape index (κ1) is 23.1. The van der Waals surface area contributed by atoms with E-state index in [0.29, 0.717) is 29.8 Å². The second kappa shape index (κ2) is 8.53. The van der Waals surface area contributed by atoms with E-state index in [0.717, 1.165) is 16.9 Å². The fourth-order valence-corrected chi connectivity index (χ4v) is 3.80. The van der Waals surface area contributed by atoms with Gasteiger partial charge in [0, 0.05) is 19.0 Å². The van der Waals surface area contributed by atoms with E-state index in [9.17, 15) is 18.0 Å². The normalized spacial score (nSPS) is 17.7. The molecule has 0 radical (unpaired) electrons. The molecule has 1 aliphatic rings. The van der Waals surface area contributed by atoms with Crippen molar-refractivity contribution >= 4 is 5.95 Å². The van der Waals surface area contributed by atoms with Crippen LogP contribution in [0.25, 0.3) is 0 Å². The number of nitrogens with one attached hydrogen (secondary N) is 2. The molecule has 2 unspecified atom stereocenters. The van der Waals surface area contributed by atoms with Crippen molar-refractivity contribution in [3.63, 3.8) is 0 Å². The van der Waals surface area contributed by atoms with Gasteiger partial charge in [0.2, 0.25) is 5.95 Å². The molecule has 0 aliphatic carbocycles. The van der Waals surface area contributed by atoms with Gasteiger partial charge in [0.05, 0.1) is 22.9 Å². The lowest BCUT2D eigenvalue weighted by atomic mass is 9.80. The summed E-state index contributed by atoms with van der Waals surface area (Å²) in [5, 5.41) is 6.55. The van der Waals surface area contributed by atoms with Crippen LogP contribution >= 0.6 is 0 Å². The Bertz CT molecular complexity index is 978. The maximum absolute atomic E-state index is 13.3. The third kappa shape index (κ3) is 4.87. The Balaban J connectivity index is 1.98. The molecule has 0 spiro atoms. The van der Waals surface area contributed by atoms with E-state index in [2.05, 4.69) is 36.4 Å². The van der Waals surface area contributed by atoms with Gasteiger partial charge in [-0.25, -0.2) is 4.98 Å². The first-order chi connectivity index (χ1) is 14.4. The minimum Gasteiger partial charge on any atom is -0.408 e. The average molecular weight is 438 g/mol. The number of halogens is 3. The van der Waals surface area contributed by atoms with Crippen molar-refractivity contribution in [2.24, 2.45) is 5.41 Å². The minimum absolute atomic E-state index is 0.163. The SMILES string of the molecule is CCOn1c(NC(C)c2ccc(C(F)(F)F)cc2)nc2c(c1=O)C(C(C)(C)C)NCC2. The molecule has 1 aromatic carbocycles. The summed E-state index contributed by atoms with van der Waals surface area (Å²) >= 11 is 0. The standard InChI is InChI=1S/C22H29F3N4O2/c1-6-31-29-19(30)17-16(11-12-26-18(17)21(3,4)5)28-20(29)27-13(2)14-7-9-15(10-8-14)22(23,24)25/h7-10,13,18,26H,6,11-12H2,1-5H3,(H,27,28). The number of nitrogens with zero attached hydrogens (tertiary/aromatic N) is 2. The van der Waals surface area contributed by atoms with Crippen LogP contribution in [0.15, 0.2) is 29.1 Å². The molecule has 3 rings (SSSR count). The van der Waals surface area contributed by atoms with Gasteiger partial charge in [0.15, 0.2) is 0 Å². The number of hydrogen-bond acceptors (Lipinski definition) is 5. The molecule has 1 aliphatic heterocycles. The van der Waals surface area contributed by atoms with E-state index in [1.165, 1.54) is 12.1 Å². The molecule has 0 bridgehead atoms. The Labute approximate surface area is 179 Å². The van der Waals surface area contributed by atoms with Gasteiger partial charge in [-0.3, -0.25) is 4.79 Å². The monoisotopic (exact) mass is 438 g/mol. The molecule has 2 atom stereocenters. The molecular weight excluding hydrogens is 409 g/mol. The maximum Gasteiger partial charge on any atom is 0.416 e. The van der Waals surface area contributed by atoms with Crippen LogP contribution in [0.1, 0.15) is 69.1 Å². The van der Waals surface area contributed by atoms with Crippen LogP contribution in [-0.4, -0.2) is 22.9 Å². The number of alkyl halides is 3. The molecular formula is C22H29F3N4O2. The predicted octanol–water partition coefficient (Wildman–Crippen LogP) is 4.12. The highest BCUT2D eigenvalue weighted by molar-refractivity contribution is 5.38. The van der Waals surface area contributed by atoms with Crippen molar-refractivity contribution in [2.45, 2.75) is 59.3 Å². The summed E-state index contributed by atoms with van der Waals surface area (Å²) in [6, 6.07) is 4.37. The van der Waals surface area contributed by atoms with Gasteiger partial charge in [0.1, 0.15) is 6.61 Å². The van der Waals surface area contributed by atoms with Crippen LogP contribution < -0.4 is 21.0 Å². The van der Waals surface area contributed by atoms with Gasteiger partial charge in [0.25, 0.3) is 5.56 Å². The van der Waals surface area contributed by atoms with E-state index < -0.39 is 11.7 Å². The summed E-state index contributed by atoms with van der Waals surface area (Å²) in [4.78, 5) is 23.6. The Kier molecular flexibility index (Phi) is 6.36. The summed E-state index contributed by atoms with van der Waals surface area (Å²) in [5.41, 5.74) is 0.769. The zero-order valence-corrected chi connectivity index (χ0v) is 18.4. The van der Waals surface area contributed by atoms with Gasteiger partial charge in [-0.1, -0.05) is 32.9 Å². The smallest absolute Gasteiger partial charge is 0.408 e. The molecule has 0 amide bonds. The highest BCUT2D eigenvalue weighted by Crippen LogP contribution is 2.35. The van der Waals surface area contributed by atoms with Crippen molar-refractivity contribution in [1.82, 2.24) is 15.0 Å². The summed E-state index contributed by atoms with van der Waals surface area (Å²) in [5.74, 6) is 0.243. The molecule has 6 nitrogen and oxygen atoms in total. The third-order valence-corrected chi connectivity index (χ3v) is 5.37. The van der Waals surface area contributed by atoms with E-state index >= 15 is 0 Å². The van der Waals surface area contributed by atoms with Gasteiger partial charge in [-0.05, 0) is 37.0 Å². The van der Waals surface area contributed by atoms with Crippen LogP contribution in [0.5, 0.6) is 0 Å². The largest absolute Gasteiger partial charge is 0.416 e. The molecule has 170 valence electrons. The molecule has 2 N–H and O–H groups in total. The van der Waals surface area contributed by atoms with Crippen molar-refractivity contribution in [1.29, 1.82) is 0 Å². The highest BCUT2D eigenvalue weighted by Gasteiger charge is 2.35. The van der Waals surface area contributed by atoms with E-state index in [1.807, 2.05) is 0 Å². The number of hydrogen-bond donors (Lipinski definition) is 2. The van der Waals surface area contributed by atoms with E-state index in [1.54, 1.807) is 13.8 Å². The summed E-state index contributed by atoms with van der Waals surface area (Å²) in [6.45, 7) is 10.7. The Hall–Kier alpha value is -2.55. The van der Waals surface area contributed by atoms with E-state index in [-0.39, 0.29) is 35.6 Å². The summed E-state index contributed by atoms with van der Waals surface area (Å²) < 4.78 is 39.7. The van der Waals surface area contributed by atoms with Crippen molar-refractivity contribution in [3.05, 3.63) is 57.0 Å². The molecule has 1 aromatic heterocycles. The lowest BCUT2D eigenvalue weighted by Gasteiger charge is -2.36. The minimum atomic E-state index is -4.39. The lowest BCUT2D eigenvalue weighted by molar-refractivity contribution is -0.137. The fraction of sp³-hybridized carbons (Fsp3) is 0.545. The molecule has 0 saturated carbocycles. The number of aromatic nitrogens is 2. The highest BCUT2D eigenvalue weighted by atomic mass is 19.4. The van der Waals surface area contributed by atoms with Crippen LogP contribution in [0.3, 0.4) is 0 Å². The average Bonchev–Trinajstić information content (AvgIpc) is 2.69. The number of anilines is 1. The molecule has 31 heavy (non-hydrogen) atoms. The van der Waals surface area contributed by atoms with Crippen LogP contribution in [0.2, 0.25) is 0 Å². The number of benzene rings is 1. The van der Waals surface area contributed by atoms with Gasteiger partial charge in [-0.2, -0.15) is 13.2 Å². The fourth-order valence-electron chi connectivity index (χ4n) is 3.80. The Morgan fingerprint density at radius 3 is 2.45 bits per heavy atom. The molecule has 0 fully saturated rings. The third-order valence-electron chi connectivity index (χ3n) is 5.37. The van der Waals surface area contributed by atoms with Gasteiger partial charge < -0.3 is 15.5 Å². The zero-order valence-electron chi connectivity index (χ0n) is 18.4. The molecule has 0 saturated heterocycles. The van der Waals surface area contributed by atoms with Crippen molar-refractivity contribution < 1.29 is 18.0 Å². The predicted molar refractivity (Wildman–Crippen MR) is 113 cm³/mol. The van der Waals surface area contributed by atoms with Crippen molar-refractivity contribution in [2.75, 3.05) is 18.5 Å². The maximum atomic E-state index is 13.3. The quantitative estimate of drug-likeness (QED) is 0.735. The summed E-state index contributed by atoms with van der Waals surface area (Å²) in [6.07, 6.45) is -3.78. The van der Waals surface area contributed by atoms with Gasteiger partial charge >= 0.3 is 6.18 Å². The Morgan fingerprint density at radius 1 is 1.26 bits per heavy atom. The first-order valence-electron chi connectivity index (χ1n) is 10.4. The summed E-state index contributed by atoms with van der Waals surface area (Å²) in [7, 11) is 0. The topological polar surface area (TPSA) is 68.2 Å². The Morgan fingerprint density at radius 2 is 1.90 bits per heavy atom. The molecule has 2 heterocycles. The van der Waals surface area contributed by atoms with Gasteiger partial charge in [-0.15, -0.1) is 4.73 Å². The van der Waals surface area contributed by atoms with Crippen LogP contribution in [0, 0.1) is 5.41 Å². The number of fused-ring (bicyclic) bond motifs is 1. The lowest BCUT2D eigenvalue weighted by Crippen LogP contribution is -2.45. The molecule has 9 heteroatoms. The van der Waals surface area contributed by atoms with E-state index in [4.69, 9.17) is 4.84 Å². The second-order valence-electron chi connectivity index (χ2n) is 8.80. The number of rotatable bonds is 5.